The molecule has 132 valence electrons. The van der Waals surface area contributed by atoms with E-state index in [9.17, 15) is 28.8 Å². The average molecular weight is 346 g/mol. The van der Waals surface area contributed by atoms with Gasteiger partial charge in [-0.15, -0.1) is 0 Å². The van der Waals surface area contributed by atoms with Crippen LogP contribution < -0.4 is 9.47 Å². The minimum atomic E-state index is -3.19. The second kappa shape index (κ2) is 7.39. The minimum Gasteiger partial charge on any atom is -0.493 e. The Labute approximate surface area is 135 Å². The van der Waals surface area contributed by atoms with E-state index in [0.29, 0.717) is 12.8 Å². The van der Waals surface area contributed by atoms with Gasteiger partial charge in [-0.25, -0.2) is 0 Å². The molecule has 1 aromatic rings. The molecule has 1 aliphatic heterocycles. The van der Waals surface area contributed by atoms with Gasteiger partial charge in [-0.2, -0.15) is 8.78 Å². The van der Waals surface area contributed by atoms with Crippen molar-refractivity contribution in [3.8, 4) is 11.5 Å². The van der Waals surface area contributed by atoms with E-state index in [1.807, 2.05) is 0 Å². The number of likely N-dealkylation sites (tertiary alicyclic amines) is 1. The third kappa shape index (κ3) is 3.88. The SMILES string of the molecule is COc1cc(C(=O)N2CCC(O)CC2)c([N+](=O)[O-])cc1OC(F)F. The maximum absolute atomic E-state index is 12.5. The zero-order chi connectivity index (χ0) is 17.9. The van der Waals surface area contributed by atoms with Gasteiger partial charge in [0.1, 0.15) is 5.56 Å². The Kier molecular flexibility index (Phi) is 5.50. The predicted molar refractivity (Wildman–Crippen MR) is 77.4 cm³/mol. The first-order valence-corrected chi connectivity index (χ1v) is 7.12. The molecule has 8 nitrogen and oxygen atoms in total. The lowest BCUT2D eigenvalue weighted by atomic mass is 10.1. The van der Waals surface area contributed by atoms with Gasteiger partial charge in [-0.3, -0.25) is 14.9 Å². The van der Waals surface area contributed by atoms with Crippen molar-refractivity contribution >= 4 is 11.6 Å². The Morgan fingerprint density at radius 1 is 1.38 bits per heavy atom. The topological polar surface area (TPSA) is 102 Å². The van der Waals surface area contributed by atoms with E-state index < -0.39 is 35.0 Å². The van der Waals surface area contributed by atoms with Gasteiger partial charge in [0.25, 0.3) is 11.6 Å². The smallest absolute Gasteiger partial charge is 0.387 e. The number of nitro benzene ring substituents is 1. The number of halogens is 2. The van der Waals surface area contributed by atoms with Crippen molar-refractivity contribution in [3.05, 3.63) is 27.8 Å². The van der Waals surface area contributed by atoms with Gasteiger partial charge in [-0.05, 0) is 12.8 Å². The Balaban J connectivity index is 2.40. The molecule has 1 aromatic carbocycles. The van der Waals surface area contributed by atoms with E-state index >= 15 is 0 Å². The first-order chi connectivity index (χ1) is 11.3. The molecule has 1 N–H and O–H groups in total. The molecule has 0 radical (unpaired) electrons. The maximum Gasteiger partial charge on any atom is 0.387 e. The summed E-state index contributed by atoms with van der Waals surface area (Å²) in [5.74, 6) is -1.36. The molecule has 24 heavy (non-hydrogen) atoms. The van der Waals surface area contributed by atoms with Crippen molar-refractivity contribution in [2.45, 2.75) is 25.6 Å². The molecule has 0 bridgehead atoms. The number of nitrogens with zero attached hydrogens (tertiary/aromatic N) is 2. The molecule has 0 aromatic heterocycles. The number of benzene rings is 1. The van der Waals surface area contributed by atoms with Gasteiger partial charge in [0.2, 0.25) is 0 Å². The van der Waals surface area contributed by atoms with Crippen LogP contribution in [0.15, 0.2) is 12.1 Å². The third-order valence-corrected chi connectivity index (χ3v) is 3.68. The summed E-state index contributed by atoms with van der Waals surface area (Å²) in [5, 5.41) is 20.7. The van der Waals surface area contributed by atoms with Crippen LogP contribution in [0.4, 0.5) is 14.5 Å². The van der Waals surface area contributed by atoms with Crippen molar-refractivity contribution < 1.29 is 33.1 Å². The van der Waals surface area contributed by atoms with E-state index in [4.69, 9.17) is 4.74 Å². The molecule has 1 amide bonds. The van der Waals surface area contributed by atoms with Crippen LogP contribution in [0.5, 0.6) is 11.5 Å². The van der Waals surface area contributed by atoms with E-state index in [1.54, 1.807) is 0 Å². The number of amides is 1. The summed E-state index contributed by atoms with van der Waals surface area (Å²) in [6.45, 7) is -2.70. The highest BCUT2D eigenvalue weighted by Gasteiger charge is 2.30. The average Bonchev–Trinajstić information content (AvgIpc) is 2.54. The van der Waals surface area contributed by atoms with Crippen LogP contribution in [0.25, 0.3) is 0 Å². The van der Waals surface area contributed by atoms with Crippen LogP contribution in [0.3, 0.4) is 0 Å². The molecule has 0 unspecified atom stereocenters. The van der Waals surface area contributed by atoms with E-state index in [-0.39, 0.29) is 24.4 Å². The number of nitro groups is 1. The molecule has 0 aliphatic carbocycles. The van der Waals surface area contributed by atoms with Crippen LogP contribution in [0.2, 0.25) is 0 Å². The number of methoxy groups -OCH3 is 1. The number of alkyl halides is 2. The molecular formula is C14H16F2N2O6. The molecule has 0 saturated carbocycles. The Bertz CT molecular complexity index is 632. The number of rotatable bonds is 5. The van der Waals surface area contributed by atoms with Gasteiger partial charge in [0, 0.05) is 19.2 Å². The molecule has 0 atom stereocenters. The molecular weight excluding hydrogens is 330 g/mol. The zero-order valence-corrected chi connectivity index (χ0v) is 12.8. The van der Waals surface area contributed by atoms with E-state index in [1.165, 1.54) is 12.0 Å². The Hall–Kier alpha value is -2.49. The lowest BCUT2D eigenvalue weighted by molar-refractivity contribution is -0.385. The van der Waals surface area contributed by atoms with Crippen LogP contribution in [-0.4, -0.2) is 53.8 Å². The number of hydrogen-bond donors (Lipinski definition) is 1. The molecule has 1 fully saturated rings. The van der Waals surface area contributed by atoms with Crippen molar-refractivity contribution in [2.75, 3.05) is 20.2 Å². The predicted octanol–water partition coefficient (Wildman–Crippen LogP) is 1.80. The van der Waals surface area contributed by atoms with Crippen molar-refractivity contribution in [1.29, 1.82) is 0 Å². The summed E-state index contributed by atoms with van der Waals surface area (Å²) in [7, 11) is 1.17. The normalized spacial score (nSPS) is 15.5. The van der Waals surface area contributed by atoms with E-state index in [0.717, 1.165) is 12.1 Å². The van der Waals surface area contributed by atoms with Gasteiger partial charge in [0.05, 0.1) is 24.2 Å². The number of hydrogen-bond acceptors (Lipinski definition) is 6. The highest BCUT2D eigenvalue weighted by Crippen LogP contribution is 2.36. The maximum atomic E-state index is 12.5. The van der Waals surface area contributed by atoms with E-state index in [2.05, 4.69) is 4.74 Å². The van der Waals surface area contributed by atoms with Crippen molar-refractivity contribution in [1.82, 2.24) is 4.90 Å². The molecule has 0 spiro atoms. The van der Waals surface area contributed by atoms with Gasteiger partial charge >= 0.3 is 6.61 Å². The first kappa shape index (κ1) is 17.9. The zero-order valence-electron chi connectivity index (χ0n) is 12.8. The summed E-state index contributed by atoms with van der Waals surface area (Å²) < 4.78 is 33.9. The number of carbonyl (C=O) groups is 1. The van der Waals surface area contributed by atoms with Gasteiger partial charge in [-0.1, -0.05) is 0 Å². The highest BCUT2D eigenvalue weighted by atomic mass is 19.3. The molecule has 1 aliphatic rings. The monoisotopic (exact) mass is 346 g/mol. The summed E-state index contributed by atoms with van der Waals surface area (Å²) in [4.78, 5) is 24.3. The quantitative estimate of drug-likeness (QED) is 0.644. The fourth-order valence-corrected chi connectivity index (χ4v) is 2.46. The first-order valence-electron chi connectivity index (χ1n) is 7.12. The molecule has 2 rings (SSSR count). The Morgan fingerprint density at radius 3 is 2.50 bits per heavy atom. The standard InChI is InChI=1S/C14H16F2N2O6/c1-23-11-6-9(13(20)17-4-2-8(19)3-5-17)10(18(21)22)7-12(11)24-14(15)16/h6-8,14,19H,2-5H2,1H3. The number of aliphatic hydroxyl groups excluding tert-OH is 1. The Morgan fingerprint density at radius 2 is 2.00 bits per heavy atom. The molecule has 1 saturated heterocycles. The van der Waals surface area contributed by atoms with Gasteiger partial charge < -0.3 is 19.5 Å². The van der Waals surface area contributed by atoms with Gasteiger partial charge in [0.15, 0.2) is 11.5 Å². The fourth-order valence-electron chi connectivity index (χ4n) is 2.46. The van der Waals surface area contributed by atoms with Crippen LogP contribution in [0.1, 0.15) is 23.2 Å². The molecule has 10 heteroatoms. The fraction of sp³-hybridized carbons (Fsp3) is 0.500. The second-order valence-corrected chi connectivity index (χ2v) is 5.18. The summed E-state index contributed by atoms with van der Waals surface area (Å²) in [6.07, 6.45) is 0.215. The minimum absolute atomic E-state index is 0.207. The lowest BCUT2D eigenvalue weighted by Crippen LogP contribution is -2.40. The lowest BCUT2D eigenvalue weighted by Gasteiger charge is -2.29. The third-order valence-electron chi connectivity index (χ3n) is 3.68. The largest absolute Gasteiger partial charge is 0.493 e. The van der Waals surface area contributed by atoms with Crippen LogP contribution in [-0.2, 0) is 0 Å². The number of aliphatic hydroxyl groups is 1. The summed E-state index contributed by atoms with van der Waals surface area (Å²) in [5.41, 5.74) is -0.933. The number of piperidine rings is 1. The van der Waals surface area contributed by atoms with Crippen LogP contribution >= 0.6 is 0 Å². The highest BCUT2D eigenvalue weighted by molar-refractivity contribution is 5.99. The summed E-state index contributed by atoms with van der Waals surface area (Å²) >= 11 is 0. The number of ether oxygens (including phenoxy) is 2. The van der Waals surface area contributed by atoms with Crippen molar-refractivity contribution in [2.24, 2.45) is 0 Å². The molecule has 1 heterocycles. The van der Waals surface area contributed by atoms with Crippen LogP contribution in [0, 0.1) is 10.1 Å². The second-order valence-electron chi connectivity index (χ2n) is 5.18. The van der Waals surface area contributed by atoms with Crippen molar-refractivity contribution in [3.63, 3.8) is 0 Å². The summed E-state index contributed by atoms with van der Waals surface area (Å²) in [6, 6.07) is 1.76. The number of carbonyl (C=O) groups excluding carboxylic acids is 1.